The zero-order valence-corrected chi connectivity index (χ0v) is 15.0. The third kappa shape index (κ3) is 2.90. The number of allylic oxidation sites excluding steroid dienone is 2. The molecule has 1 heterocycles. The molecule has 26 heavy (non-hydrogen) atoms. The van der Waals surface area contributed by atoms with E-state index in [4.69, 9.17) is 5.10 Å². The molecule has 3 aliphatic carbocycles. The maximum Gasteiger partial charge on any atom is 0.255 e. The molecular weight excluding hydrogens is 322 g/mol. The van der Waals surface area contributed by atoms with E-state index in [1.54, 1.807) is 0 Å². The first-order valence-electron chi connectivity index (χ1n) is 9.57. The molecule has 0 aliphatic heterocycles. The fourth-order valence-electron chi connectivity index (χ4n) is 3.63. The number of benzene rings is 1. The zero-order valence-electron chi connectivity index (χ0n) is 15.0. The first-order valence-corrected chi connectivity index (χ1v) is 9.57. The second-order valence-electron chi connectivity index (χ2n) is 7.76. The highest BCUT2D eigenvalue weighted by Crippen LogP contribution is 2.45. The smallest absolute Gasteiger partial charge is 0.255 e. The molecule has 3 aliphatic rings. The summed E-state index contributed by atoms with van der Waals surface area (Å²) in [6.45, 7) is 2.01. The molecule has 0 spiro atoms. The molecule has 1 amide bonds. The van der Waals surface area contributed by atoms with Gasteiger partial charge in [0.05, 0.1) is 11.4 Å². The van der Waals surface area contributed by atoms with Gasteiger partial charge >= 0.3 is 0 Å². The van der Waals surface area contributed by atoms with Crippen molar-refractivity contribution < 1.29 is 4.79 Å². The largest absolute Gasteiger partial charge is 0.322 e. The molecular formula is C22H23N3O. The SMILES string of the molecule is CC1=C(C(=O)Nc2ccc(-n3nc(C4CC4)cc3C3CC3)cc2)C=CC1. The predicted molar refractivity (Wildman–Crippen MR) is 103 cm³/mol. The van der Waals surface area contributed by atoms with Crippen molar-refractivity contribution in [2.24, 2.45) is 0 Å². The maximum atomic E-state index is 12.4. The summed E-state index contributed by atoms with van der Waals surface area (Å²) in [7, 11) is 0. The minimum Gasteiger partial charge on any atom is -0.322 e. The first-order chi connectivity index (χ1) is 12.7. The van der Waals surface area contributed by atoms with Crippen molar-refractivity contribution in [3.05, 3.63) is 65.0 Å². The average Bonchev–Trinajstić information content (AvgIpc) is 3.58. The Morgan fingerprint density at radius 1 is 1.12 bits per heavy atom. The van der Waals surface area contributed by atoms with E-state index in [0.717, 1.165) is 28.9 Å². The molecule has 2 fully saturated rings. The lowest BCUT2D eigenvalue weighted by Gasteiger charge is -2.09. The predicted octanol–water partition coefficient (Wildman–Crippen LogP) is 4.84. The second kappa shape index (κ2) is 5.97. The van der Waals surface area contributed by atoms with E-state index in [1.165, 1.54) is 37.1 Å². The minimum absolute atomic E-state index is 0.0298. The lowest BCUT2D eigenvalue weighted by molar-refractivity contribution is -0.112. The molecule has 132 valence electrons. The van der Waals surface area contributed by atoms with Gasteiger partial charge in [-0.1, -0.05) is 17.7 Å². The average molecular weight is 345 g/mol. The van der Waals surface area contributed by atoms with Crippen LogP contribution >= 0.6 is 0 Å². The summed E-state index contributed by atoms with van der Waals surface area (Å²) >= 11 is 0. The van der Waals surface area contributed by atoms with E-state index < -0.39 is 0 Å². The van der Waals surface area contributed by atoms with Crippen LogP contribution in [0.15, 0.2) is 53.6 Å². The van der Waals surface area contributed by atoms with Crippen LogP contribution in [-0.2, 0) is 4.79 Å². The van der Waals surface area contributed by atoms with Crippen LogP contribution in [0.4, 0.5) is 5.69 Å². The van der Waals surface area contributed by atoms with Gasteiger partial charge in [0.25, 0.3) is 5.91 Å². The Labute approximate surface area is 153 Å². The fourth-order valence-corrected chi connectivity index (χ4v) is 3.63. The summed E-state index contributed by atoms with van der Waals surface area (Å²) in [5.41, 5.74) is 6.40. The molecule has 0 bridgehead atoms. The number of carbonyl (C=O) groups is 1. The van der Waals surface area contributed by atoms with Crippen LogP contribution in [0.1, 0.15) is 62.3 Å². The Hall–Kier alpha value is -2.62. The second-order valence-corrected chi connectivity index (χ2v) is 7.76. The number of anilines is 1. The summed E-state index contributed by atoms with van der Waals surface area (Å²) < 4.78 is 2.11. The molecule has 1 N–H and O–H groups in total. The van der Waals surface area contributed by atoms with Crippen LogP contribution in [0, 0.1) is 0 Å². The maximum absolute atomic E-state index is 12.4. The molecule has 4 heteroatoms. The highest BCUT2D eigenvalue weighted by Gasteiger charge is 2.32. The summed E-state index contributed by atoms with van der Waals surface area (Å²) in [4.78, 5) is 12.4. The highest BCUT2D eigenvalue weighted by molar-refractivity contribution is 6.06. The van der Waals surface area contributed by atoms with Gasteiger partial charge < -0.3 is 5.32 Å². The van der Waals surface area contributed by atoms with Crippen LogP contribution in [0.25, 0.3) is 5.69 Å². The number of nitrogens with one attached hydrogen (secondary N) is 1. The number of rotatable bonds is 5. The number of hydrogen-bond acceptors (Lipinski definition) is 2. The molecule has 4 nitrogen and oxygen atoms in total. The monoisotopic (exact) mass is 345 g/mol. The number of carbonyl (C=O) groups excluding carboxylic acids is 1. The Bertz CT molecular complexity index is 925. The van der Waals surface area contributed by atoms with Crippen LogP contribution in [0.3, 0.4) is 0 Å². The molecule has 1 aromatic heterocycles. The summed E-state index contributed by atoms with van der Waals surface area (Å²) in [6.07, 6.45) is 9.89. The van der Waals surface area contributed by atoms with Gasteiger partial charge in [-0.15, -0.1) is 0 Å². The number of amides is 1. The summed E-state index contributed by atoms with van der Waals surface area (Å²) in [5.74, 6) is 1.31. The third-order valence-corrected chi connectivity index (χ3v) is 5.53. The Morgan fingerprint density at radius 3 is 2.46 bits per heavy atom. The van der Waals surface area contributed by atoms with E-state index >= 15 is 0 Å². The normalized spacial score (nSPS) is 19.3. The Balaban J connectivity index is 1.38. The van der Waals surface area contributed by atoms with Crippen LogP contribution in [0.5, 0.6) is 0 Å². The number of nitrogens with zero attached hydrogens (tertiary/aromatic N) is 2. The van der Waals surface area contributed by atoms with Gasteiger partial charge in [0, 0.05) is 28.8 Å². The summed E-state index contributed by atoms with van der Waals surface area (Å²) in [5, 5.41) is 7.88. The molecule has 0 saturated heterocycles. The molecule has 0 radical (unpaired) electrons. The van der Waals surface area contributed by atoms with Crippen LogP contribution in [0.2, 0.25) is 0 Å². The zero-order chi connectivity index (χ0) is 17.7. The Kier molecular flexibility index (Phi) is 3.59. The fraction of sp³-hybridized carbons (Fsp3) is 0.364. The molecule has 1 aromatic carbocycles. The molecule has 0 atom stereocenters. The Morgan fingerprint density at radius 2 is 1.85 bits per heavy atom. The lowest BCUT2D eigenvalue weighted by atomic mass is 10.1. The van der Waals surface area contributed by atoms with Crippen molar-refractivity contribution >= 4 is 11.6 Å². The van der Waals surface area contributed by atoms with E-state index in [9.17, 15) is 4.79 Å². The summed E-state index contributed by atoms with van der Waals surface area (Å²) in [6, 6.07) is 10.4. The van der Waals surface area contributed by atoms with Crippen molar-refractivity contribution in [2.75, 3.05) is 5.32 Å². The van der Waals surface area contributed by atoms with E-state index in [0.29, 0.717) is 11.8 Å². The molecule has 5 rings (SSSR count). The van der Waals surface area contributed by atoms with Crippen molar-refractivity contribution in [1.29, 1.82) is 0 Å². The van der Waals surface area contributed by atoms with E-state index in [1.807, 2.05) is 31.2 Å². The lowest BCUT2D eigenvalue weighted by Crippen LogP contribution is -2.13. The van der Waals surface area contributed by atoms with Crippen molar-refractivity contribution in [2.45, 2.75) is 50.9 Å². The standard InChI is InChI=1S/C22H23N3O/c1-14-3-2-4-19(14)22(26)23-17-9-11-18(12-10-17)25-21(16-7-8-16)13-20(24-25)15-5-6-15/h2,4,9-13,15-16H,3,5-8H2,1H3,(H,23,26). The molecule has 2 aromatic rings. The van der Waals surface area contributed by atoms with Crippen molar-refractivity contribution in [3.63, 3.8) is 0 Å². The quantitative estimate of drug-likeness (QED) is 0.843. The van der Waals surface area contributed by atoms with Crippen molar-refractivity contribution in [3.8, 4) is 5.69 Å². The molecule has 2 saturated carbocycles. The number of hydrogen-bond donors (Lipinski definition) is 1. The number of aromatic nitrogens is 2. The topological polar surface area (TPSA) is 46.9 Å². The highest BCUT2D eigenvalue weighted by atomic mass is 16.1. The first kappa shape index (κ1) is 15.6. The van der Waals surface area contributed by atoms with E-state index in [2.05, 4.69) is 28.2 Å². The molecule has 0 unspecified atom stereocenters. The minimum atomic E-state index is -0.0298. The van der Waals surface area contributed by atoms with Crippen LogP contribution in [-0.4, -0.2) is 15.7 Å². The third-order valence-electron chi connectivity index (χ3n) is 5.53. The van der Waals surface area contributed by atoms with Gasteiger partial charge in [-0.3, -0.25) is 4.79 Å². The van der Waals surface area contributed by atoms with E-state index in [-0.39, 0.29) is 5.91 Å². The van der Waals surface area contributed by atoms with Gasteiger partial charge in [-0.05, 0) is 69.4 Å². The van der Waals surface area contributed by atoms with Crippen molar-refractivity contribution in [1.82, 2.24) is 9.78 Å². The van der Waals surface area contributed by atoms with Gasteiger partial charge in [-0.25, -0.2) is 4.68 Å². The van der Waals surface area contributed by atoms with Gasteiger partial charge in [0.2, 0.25) is 0 Å². The van der Waals surface area contributed by atoms with Gasteiger partial charge in [-0.2, -0.15) is 5.10 Å². The van der Waals surface area contributed by atoms with Gasteiger partial charge in [0.15, 0.2) is 0 Å². The van der Waals surface area contributed by atoms with Gasteiger partial charge in [0.1, 0.15) is 0 Å². The van der Waals surface area contributed by atoms with Crippen LogP contribution < -0.4 is 5.32 Å².